The fraction of sp³-hybridized carbons (Fsp3) is 0.923. The van der Waals surface area contributed by atoms with Crippen LogP contribution in [-0.4, -0.2) is 30.7 Å². The Morgan fingerprint density at radius 3 is 2.65 bits per heavy atom. The maximum absolute atomic E-state index is 11.9. The molecule has 0 aliphatic heterocycles. The number of carbonyl (C=O) groups excluding carboxylic acids is 1. The van der Waals surface area contributed by atoms with Crippen molar-refractivity contribution < 1.29 is 9.53 Å². The monoisotopic (exact) mass is 242 g/mol. The second-order valence-corrected chi connectivity index (χ2v) is 5.00. The highest BCUT2D eigenvalue weighted by molar-refractivity contribution is 5.80. The summed E-state index contributed by atoms with van der Waals surface area (Å²) in [5, 5.41) is 2.90. The summed E-state index contributed by atoms with van der Waals surface area (Å²) in [5.74, 6) is 0.0139. The SMILES string of the molecule is CCC(OC1CCCC1)C(=O)NCCC(C)N. The Hall–Kier alpha value is -0.610. The smallest absolute Gasteiger partial charge is 0.249 e. The van der Waals surface area contributed by atoms with Crippen LogP contribution in [0.25, 0.3) is 0 Å². The molecular formula is C13H26N2O2. The minimum atomic E-state index is -0.286. The van der Waals surface area contributed by atoms with Gasteiger partial charge in [-0.25, -0.2) is 0 Å². The van der Waals surface area contributed by atoms with Crippen LogP contribution in [0.1, 0.15) is 52.4 Å². The summed E-state index contributed by atoms with van der Waals surface area (Å²) in [6.45, 7) is 4.57. The summed E-state index contributed by atoms with van der Waals surface area (Å²) in [7, 11) is 0. The van der Waals surface area contributed by atoms with E-state index in [-0.39, 0.29) is 18.1 Å². The lowest BCUT2D eigenvalue weighted by Crippen LogP contribution is -2.39. The molecule has 0 aromatic heterocycles. The van der Waals surface area contributed by atoms with Gasteiger partial charge in [0.05, 0.1) is 6.10 Å². The van der Waals surface area contributed by atoms with Crippen LogP contribution in [0, 0.1) is 0 Å². The third-order valence-electron chi connectivity index (χ3n) is 3.22. The molecule has 1 fully saturated rings. The number of carbonyl (C=O) groups is 1. The number of nitrogens with one attached hydrogen (secondary N) is 1. The summed E-state index contributed by atoms with van der Waals surface area (Å²) >= 11 is 0. The van der Waals surface area contributed by atoms with E-state index < -0.39 is 0 Å². The predicted octanol–water partition coefficient (Wildman–Crippen LogP) is 1.58. The van der Waals surface area contributed by atoms with Crippen LogP contribution < -0.4 is 11.1 Å². The minimum Gasteiger partial charge on any atom is -0.365 e. The zero-order valence-corrected chi connectivity index (χ0v) is 11.1. The Labute approximate surface area is 104 Å². The molecule has 2 atom stereocenters. The van der Waals surface area contributed by atoms with Crippen LogP contribution in [-0.2, 0) is 9.53 Å². The lowest BCUT2D eigenvalue weighted by molar-refractivity contribution is -0.136. The molecule has 0 spiro atoms. The molecule has 0 radical (unpaired) electrons. The molecule has 0 heterocycles. The Morgan fingerprint density at radius 1 is 1.47 bits per heavy atom. The molecule has 0 bridgehead atoms. The Balaban J connectivity index is 2.25. The highest BCUT2D eigenvalue weighted by Crippen LogP contribution is 2.22. The van der Waals surface area contributed by atoms with E-state index >= 15 is 0 Å². The molecule has 1 saturated carbocycles. The molecule has 0 aromatic carbocycles. The quantitative estimate of drug-likeness (QED) is 0.712. The largest absolute Gasteiger partial charge is 0.365 e. The number of rotatable bonds is 7. The topological polar surface area (TPSA) is 64.3 Å². The number of ether oxygens (including phenoxy) is 1. The van der Waals surface area contributed by atoms with E-state index in [1.54, 1.807) is 0 Å². The Kier molecular flexibility index (Phi) is 6.52. The van der Waals surface area contributed by atoms with Crippen molar-refractivity contribution in [3.8, 4) is 0 Å². The van der Waals surface area contributed by atoms with Crippen molar-refractivity contribution in [1.29, 1.82) is 0 Å². The first kappa shape index (κ1) is 14.5. The number of nitrogens with two attached hydrogens (primary N) is 1. The van der Waals surface area contributed by atoms with E-state index in [0.717, 1.165) is 25.7 Å². The first-order valence-corrected chi connectivity index (χ1v) is 6.82. The van der Waals surface area contributed by atoms with Crippen LogP contribution in [0.15, 0.2) is 0 Å². The van der Waals surface area contributed by atoms with Gasteiger partial charge in [-0.1, -0.05) is 19.8 Å². The van der Waals surface area contributed by atoms with Gasteiger partial charge in [0.1, 0.15) is 6.10 Å². The molecule has 1 rings (SSSR count). The van der Waals surface area contributed by atoms with Gasteiger partial charge in [0, 0.05) is 12.6 Å². The van der Waals surface area contributed by atoms with Crippen LogP contribution in [0.4, 0.5) is 0 Å². The fourth-order valence-electron chi connectivity index (χ4n) is 2.14. The summed E-state index contributed by atoms with van der Waals surface area (Å²) in [6.07, 6.45) is 6.21. The molecule has 1 aliphatic rings. The van der Waals surface area contributed by atoms with Crippen molar-refractivity contribution in [1.82, 2.24) is 5.32 Å². The van der Waals surface area contributed by atoms with E-state index in [1.807, 2.05) is 13.8 Å². The van der Waals surface area contributed by atoms with Crippen molar-refractivity contribution in [2.24, 2.45) is 5.73 Å². The van der Waals surface area contributed by atoms with E-state index in [4.69, 9.17) is 10.5 Å². The normalized spacial score (nSPS) is 20.2. The van der Waals surface area contributed by atoms with Crippen molar-refractivity contribution in [2.45, 2.75) is 70.6 Å². The first-order chi connectivity index (χ1) is 8.13. The third-order valence-corrected chi connectivity index (χ3v) is 3.22. The van der Waals surface area contributed by atoms with Crippen molar-refractivity contribution in [3.63, 3.8) is 0 Å². The molecule has 0 aromatic rings. The average Bonchev–Trinajstić information content (AvgIpc) is 2.77. The molecule has 2 unspecified atom stereocenters. The van der Waals surface area contributed by atoms with Crippen LogP contribution >= 0.6 is 0 Å². The predicted molar refractivity (Wildman–Crippen MR) is 68.7 cm³/mol. The average molecular weight is 242 g/mol. The highest BCUT2D eigenvalue weighted by Gasteiger charge is 2.23. The first-order valence-electron chi connectivity index (χ1n) is 6.82. The van der Waals surface area contributed by atoms with Gasteiger partial charge in [0.2, 0.25) is 5.91 Å². The van der Waals surface area contributed by atoms with E-state index in [9.17, 15) is 4.79 Å². The van der Waals surface area contributed by atoms with Crippen LogP contribution in [0.5, 0.6) is 0 Å². The molecule has 1 amide bonds. The summed E-state index contributed by atoms with van der Waals surface area (Å²) in [4.78, 5) is 11.9. The molecule has 4 heteroatoms. The standard InChI is InChI=1S/C13H26N2O2/c1-3-12(17-11-6-4-5-7-11)13(16)15-9-8-10(2)14/h10-12H,3-9,14H2,1-2H3,(H,15,16). The van der Waals surface area contributed by atoms with Gasteiger partial charge in [0.15, 0.2) is 0 Å². The van der Waals surface area contributed by atoms with Gasteiger partial charge in [-0.15, -0.1) is 0 Å². The van der Waals surface area contributed by atoms with Gasteiger partial charge >= 0.3 is 0 Å². The number of hydrogen-bond acceptors (Lipinski definition) is 3. The second kappa shape index (κ2) is 7.67. The number of amides is 1. The van der Waals surface area contributed by atoms with Crippen LogP contribution in [0.2, 0.25) is 0 Å². The molecule has 0 saturated heterocycles. The van der Waals surface area contributed by atoms with Gasteiger partial charge in [-0.3, -0.25) is 4.79 Å². The summed E-state index contributed by atoms with van der Waals surface area (Å²) in [5.41, 5.74) is 5.64. The maximum Gasteiger partial charge on any atom is 0.249 e. The fourth-order valence-corrected chi connectivity index (χ4v) is 2.14. The highest BCUT2D eigenvalue weighted by atomic mass is 16.5. The van der Waals surface area contributed by atoms with Crippen molar-refractivity contribution in [2.75, 3.05) is 6.54 Å². The zero-order chi connectivity index (χ0) is 12.7. The van der Waals surface area contributed by atoms with Crippen LogP contribution in [0.3, 0.4) is 0 Å². The van der Waals surface area contributed by atoms with Gasteiger partial charge in [-0.05, 0) is 32.6 Å². The minimum absolute atomic E-state index is 0.0139. The second-order valence-electron chi connectivity index (χ2n) is 5.00. The molecule has 100 valence electrons. The van der Waals surface area contributed by atoms with Crippen molar-refractivity contribution in [3.05, 3.63) is 0 Å². The molecule has 1 aliphatic carbocycles. The molecule has 3 N–H and O–H groups in total. The molecule has 17 heavy (non-hydrogen) atoms. The molecular weight excluding hydrogens is 216 g/mol. The lowest BCUT2D eigenvalue weighted by Gasteiger charge is -2.20. The summed E-state index contributed by atoms with van der Waals surface area (Å²) in [6, 6.07) is 0.131. The van der Waals surface area contributed by atoms with Crippen molar-refractivity contribution >= 4 is 5.91 Å². The summed E-state index contributed by atoms with van der Waals surface area (Å²) < 4.78 is 5.84. The van der Waals surface area contributed by atoms with E-state index in [2.05, 4.69) is 5.32 Å². The Morgan fingerprint density at radius 2 is 2.12 bits per heavy atom. The van der Waals surface area contributed by atoms with Gasteiger partial charge in [-0.2, -0.15) is 0 Å². The number of hydrogen-bond donors (Lipinski definition) is 2. The lowest BCUT2D eigenvalue weighted by atomic mass is 10.2. The maximum atomic E-state index is 11.9. The van der Waals surface area contributed by atoms with E-state index in [0.29, 0.717) is 12.6 Å². The van der Waals surface area contributed by atoms with Gasteiger partial charge < -0.3 is 15.8 Å². The molecule has 4 nitrogen and oxygen atoms in total. The van der Waals surface area contributed by atoms with Gasteiger partial charge in [0.25, 0.3) is 0 Å². The third kappa shape index (κ3) is 5.50. The zero-order valence-electron chi connectivity index (χ0n) is 11.1. The Bertz CT molecular complexity index is 225. The van der Waals surface area contributed by atoms with E-state index in [1.165, 1.54) is 12.8 Å².